The SMILES string of the molecule is COC(=O)C(C)Sc1nc2sc3c(c2c(=O)n1-c1ccccc1C)CC(C)(C)OC3. The van der Waals surface area contributed by atoms with Crippen LogP contribution < -0.4 is 5.56 Å². The highest BCUT2D eigenvalue weighted by atomic mass is 32.2. The first-order chi connectivity index (χ1) is 14.2. The van der Waals surface area contributed by atoms with Gasteiger partial charge in [-0.25, -0.2) is 4.98 Å². The number of para-hydroxylation sites is 1. The minimum Gasteiger partial charge on any atom is -0.468 e. The maximum Gasteiger partial charge on any atom is 0.318 e. The Hall–Kier alpha value is -2.16. The van der Waals surface area contributed by atoms with Gasteiger partial charge in [0.15, 0.2) is 5.16 Å². The third-order valence-corrected chi connectivity index (χ3v) is 7.38. The molecule has 3 heterocycles. The van der Waals surface area contributed by atoms with Gasteiger partial charge in [0.05, 0.1) is 30.4 Å². The Morgan fingerprint density at radius 1 is 1.37 bits per heavy atom. The molecule has 158 valence electrons. The number of thiophene rings is 1. The van der Waals surface area contributed by atoms with E-state index in [4.69, 9.17) is 14.5 Å². The number of hydrogen-bond donors (Lipinski definition) is 0. The third kappa shape index (κ3) is 3.68. The van der Waals surface area contributed by atoms with Gasteiger partial charge in [0.25, 0.3) is 5.56 Å². The van der Waals surface area contributed by atoms with Crippen LogP contribution in [-0.2, 0) is 27.3 Å². The van der Waals surface area contributed by atoms with E-state index in [0.29, 0.717) is 28.4 Å². The fraction of sp³-hybridized carbons (Fsp3) is 0.409. The van der Waals surface area contributed by atoms with Gasteiger partial charge < -0.3 is 9.47 Å². The molecule has 30 heavy (non-hydrogen) atoms. The molecule has 0 radical (unpaired) electrons. The summed E-state index contributed by atoms with van der Waals surface area (Å²) in [7, 11) is 1.36. The summed E-state index contributed by atoms with van der Waals surface area (Å²) in [6.45, 7) is 8.27. The number of carbonyl (C=O) groups is 1. The Labute approximate surface area is 183 Å². The number of nitrogens with zero attached hydrogens (tertiary/aromatic N) is 2. The maximum absolute atomic E-state index is 13.8. The van der Waals surface area contributed by atoms with E-state index >= 15 is 0 Å². The Kier molecular flexibility index (Phi) is 5.50. The highest BCUT2D eigenvalue weighted by Gasteiger charge is 2.32. The van der Waals surface area contributed by atoms with Crippen molar-refractivity contribution in [3.63, 3.8) is 0 Å². The van der Waals surface area contributed by atoms with Gasteiger partial charge in [0.2, 0.25) is 0 Å². The van der Waals surface area contributed by atoms with Crippen LogP contribution in [0, 0.1) is 6.92 Å². The van der Waals surface area contributed by atoms with Gasteiger partial charge in [-0.15, -0.1) is 11.3 Å². The first-order valence-electron chi connectivity index (χ1n) is 9.73. The summed E-state index contributed by atoms with van der Waals surface area (Å²) in [6, 6.07) is 7.70. The van der Waals surface area contributed by atoms with Crippen LogP contribution in [0.5, 0.6) is 0 Å². The van der Waals surface area contributed by atoms with Crippen LogP contribution in [0.1, 0.15) is 36.8 Å². The minimum atomic E-state index is -0.494. The molecule has 2 aromatic heterocycles. The van der Waals surface area contributed by atoms with Crippen molar-refractivity contribution in [2.24, 2.45) is 0 Å². The number of aryl methyl sites for hydroxylation is 1. The molecule has 0 bridgehead atoms. The lowest BCUT2D eigenvalue weighted by atomic mass is 9.94. The van der Waals surface area contributed by atoms with Gasteiger partial charge >= 0.3 is 5.97 Å². The van der Waals surface area contributed by atoms with E-state index in [1.165, 1.54) is 30.2 Å². The molecular formula is C22H24N2O4S2. The number of methoxy groups -OCH3 is 1. The number of esters is 1. The second-order valence-electron chi connectivity index (χ2n) is 8.01. The first-order valence-corrected chi connectivity index (χ1v) is 11.4. The van der Waals surface area contributed by atoms with Crippen LogP contribution in [0.2, 0.25) is 0 Å². The molecule has 1 aromatic carbocycles. The van der Waals surface area contributed by atoms with Gasteiger partial charge in [-0.05, 0) is 44.9 Å². The molecule has 0 aliphatic carbocycles. The molecular weight excluding hydrogens is 420 g/mol. The largest absolute Gasteiger partial charge is 0.468 e. The number of thioether (sulfide) groups is 1. The summed E-state index contributed by atoms with van der Waals surface area (Å²) in [4.78, 5) is 32.4. The zero-order valence-corrected chi connectivity index (χ0v) is 19.3. The quantitative estimate of drug-likeness (QED) is 0.340. The standard InChI is InChI=1S/C22H24N2O4S2/c1-12-8-6-7-9-15(12)24-19(25)17-14-10-22(3,4)28-11-16(14)30-18(17)23-21(24)29-13(2)20(26)27-5/h6-9,13H,10-11H2,1-5H3. The summed E-state index contributed by atoms with van der Waals surface area (Å²) in [5.74, 6) is -0.355. The highest BCUT2D eigenvalue weighted by molar-refractivity contribution is 8.00. The average Bonchev–Trinajstić information content (AvgIpc) is 3.05. The first kappa shape index (κ1) is 21.1. The van der Waals surface area contributed by atoms with Crippen molar-refractivity contribution in [3.8, 4) is 5.69 Å². The van der Waals surface area contributed by atoms with Gasteiger partial charge in [-0.3, -0.25) is 14.2 Å². The van der Waals surface area contributed by atoms with Crippen LogP contribution in [0.25, 0.3) is 15.9 Å². The van der Waals surface area contributed by atoms with E-state index in [0.717, 1.165) is 21.7 Å². The van der Waals surface area contributed by atoms with Crippen molar-refractivity contribution in [2.75, 3.05) is 7.11 Å². The van der Waals surface area contributed by atoms with Crippen molar-refractivity contribution >= 4 is 39.3 Å². The summed E-state index contributed by atoms with van der Waals surface area (Å²) >= 11 is 2.73. The van der Waals surface area contributed by atoms with E-state index in [9.17, 15) is 9.59 Å². The molecule has 0 saturated carbocycles. The number of rotatable bonds is 4. The molecule has 1 unspecified atom stereocenters. The van der Waals surface area contributed by atoms with Gasteiger partial charge in [0.1, 0.15) is 10.1 Å². The van der Waals surface area contributed by atoms with E-state index in [-0.39, 0.29) is 17.1 Å². The van der Waals surface area contributed by atoms with Crippen molar-refractivity contribution in [3.05, 3.63) is 50.6 Å². The second kappa shape index (κ2) is 7.83. The molecule has 0 saturated heterocycles. The summed E-state index contributed by atoms with van der Waals surface area (Å²) in [5, 5.41) is 0.648. The summed E-state index contributed by atoms with van der Waals surface area (Å²) in [6.07, 6.45) is 0.665. The molecule has 8 heteroatoms. The molecule has 1 aliphatic rings. The Morgan fingerprint density at radius 3 is 2.80 bits per heavy atom. The van der Waals surface area contributed by atoms with Crippen molar-refractivity contribution in [2.45, 2.75) is 56.7 Å². The van der Waals surface area contributed by atoms with E-state index in [1.807, 2.05) is 45.0 Å². The molecule has 0 spiro atoms. The highest BCUT2D eigenvalue weighted by Crippen LogP contribution is 2.38. The zero-order chi connectivity index (χ0) is 21.6. The predicted octanol–water partition coefficient (Wildman–Crippen LogP) is 4.26. The number of hydrogen-bond acceptors (Lipinski definition) is 7. The molecule has 0 amide bonds. The van der Waals surface area contributed by atoms with E-state index in [1.54, 1.807) is 11.5 Å². The average molecular weight is 445 g/mol. The molecule has 6 nitrogen and oxygen atoms in total. The van der Waals surface area contributed by atoms with Crippen LogP contribution in [0.3, 0.4) is 0 Å². The Morgan fingerprint density at radius 2 is 2.10 bits per heavy atom. The lowest BCUT2D eigenvalue weighted by molar-refractivity contribution is -0.139. The fourth-order valence-corrected chi connectivity index (χ4v) is 5.74. The second-order valence-corrected chi connectivity index (χ2v) is 10.4. The Balaban J connectivity index is 1.99. The maximum atomic E-state index is 13.8. The Bertz CT molecular complexity index is 1200. The van der Waals surface area contributed by atoms with Gasteiger partial charge in [-0.2, -0.15) is 0 Å². The number of aromatic nitrogens is 2. The van der Waals surface area contributed by atoms with E-state index < -0.39 is 5.25 Å². The fourth-order valence-electron chi connectivity index (χ4n) is 3.65. The lowest BCUT2D eigenvalue weighted by Crippen LogP contribution is -2.32. The zero-order valence-electron chi connectivity index (χ0n) is 17.6. The van der Waals surface area contributed by atoms with Crippen LogP contribution in [0.15, 0.2) is 34.2 Å². The predicted molar refractivity (Wildman–Crippen MR) is 120 cm³/mol. The van der Waals surface area contributed by atoms with Crippen LogP contribution in [0.4, 0.5) is 0 Å². The van der Waals surface area contributed by atoms with Crippen LogP contribution in [-0.4, -0.2) is 33.5 Å². The molecule has 0 N–H and O–H groups in total. The lowest BCUT2D eigenvalue weighted by Gasteiger charge is -2.30. The van der Waals surface area contributed by atoms with Gasteiger partial charge in [0, 0.05) is 11.3 Å². The van der Waals surface area contributed by atoms with Gasteiger partial charge in [-0.1, -0.05) is 30.0 Å². The number of carbonyl (C=O) groups excluding carboxylic acids is 1. The molecule has 4 rings (SSSR count). The van der Waals surface area contributed by atoms with Crippen molar-refractivity contribution in [1.29, 1.82) is 0 Å². The smallest absolute Gasteiger partial charge is 0.318 e. The van der Waals surface area contributed by atoms with Crippen molar-refractivity contribution < 1.29 is 14.3 Å². The van der Waals surface area contributed by atoms with Crippen molar-refractivity contribution in [1.82, 2.24) is 9.55 Å². The number of fused-ring (bicyclic) bond motifs is 3. The molecule has 0 fully saturated rings. The topological polar surface area (TPSA) is 70.4 Å². The third-order valence-electron chi connectivity index (χ3n) is 5.25. The monoisotopic (exact) mass is 444 g/mol. The minimum absolute atomic E-state index is 0.107. The van der Waals surface area contributed by atoms with Crippen LogP contribution >= 0.6 is 23.1 Å². The molecule has 1 aliphatic heterocycles. The van der Waals surface area contributed by atoms with E-state index in [2.05, 4.69) is 0 Å². The normalized spacial score (nSPS) is 16.3. The number of ether oxygens (including phenoxy) is 2. The summed E-state index contributed by atoms with van der Waals surface area (Å²) < 4.78 is 12.5. The molecule has 3 aromatic rings. The summed E-state index contributed by atoms with van der Waals surface area (Å²) in [5.41, 5.74) is 2.32. The number of benzene rings is 1. The molecule has 1 atom stereocenters.